The molecular formula is C18H22F2N2O5. The Bertz CT molecular complexity index is 666. The zero-order chi connectivity index (χ0) is 19.8. The standard InChI is InChI=1S/C18H22F2N2O5/c1-11-4-2-3-5-14(11)21-18(25)22-15(23)10-26-16(24)12-6-8-13(9-7-12)27-17(19)20/h6-9,11,14,17H,2-5,10H2,1H3,(H2,21,22,23,25)/t11-,14+/m0/s1. The fourth-order valence-electron chi connectivity index (χ4n) is 2.88. The van der Waals surface area contributed by atoms with Crippen molar-refractivity contribution in [3.8, 4) is 5.75 Å². The summed E-state index contributed by atoms with van der Waals surface area (Å²) in [5.41, 5.74) is 0.0601. The number of imide groups is 1. The van der Waals surface area contributed by atoms with E-state index in [1.165, 1.54) is 24.3 Å². The molecule has 1 aliphatic rings. The van der Waals surface area contributed by atoms with Crippen molar-refractivity contribution in [3.63, 3.8) is 0 Å². The normalized spacial score (nSPS) is 19.3. The molecule has 0 unspecified atom stereocenters. The van der Waals surface area contributed by atoms with E-state index in [1.54, 1.807) is 0 Å². The summed E-state index contributed by atoms with van der Waals surface area (Å²) in [4.78, 5) is 35.4. The number of urea groups is 1. The van der Waals surface area contributed by atoms with Gasteiger partial charge in [-0.2, -0.15) is 8.78 Å². The Labute approximate surface area is 155 Å². The lowest BCUT2D eigenvalue weighted by Crippen LogP contribution is -2.48. The van der Waals surface area contributed by atoms with Gasteiger partial charge in [-0.25, -0.2) is 9.59 Å². The molecule has 0 heterocycles. The Kier molecular flexibility index (Phi) is 7.51. The van der Waals surface area contributed by atoms with Crippen molar-refractivity contribution < 1.29 is 32.6 Å². The van der Waals surface area contributed by atoms with Crippen molar-refractivity contribution in [2.45, 2.75) is 45.3 Å². The maximum Gasteiger partial charge on any atom is 0.387 e. The van der Waals surface area contributed by atoms with E-state index in [4.69, 9.17) is 4.74 Å². The molecule has 148 valence electrons. The number of ether oxygens (including phenoxy) is 2. The summed E-state index contributed by atoms with van der Waals surface area (Å²) in [5.74, 6) is -1.35. The molecule has 27 heavy (non-hydrogen) atoms. The Morgan fingerprint density at radius 1 is 1.15 bits per heavy atom. The van der Waals surface area contributed by atoms with Crippen LogP contribution in [0.5, 0.6) is 5.75 Å². The average molecular weight is 384 g/mol. The van der Waals surface area contributed by atoms with E-state index in [2.05, 4.69) is 15.4 Å². The number of alkyl halides is 2. The molecule has 1 fully saturated rings. The van der Waals surface area contributed by atoms with Gasteiger partial charge in [-0.05, 0) is 43.0 Å². The van der Waals surface area contributed by atoms with E-state index in [-0.39, 0.29) is 17.4 Å². The predicted molar refractivity (Wildman–Crippen MR) is 91.5 cm³/mol. The van der Waals surface area contributed by atoms with Crippen LogP contribution in [0.4, 0.5) is 13.6 Å². The Morgan fingerprint density at radius 2 is 1.81 bits per heavy atom. The summed E-state index contributed by atoms with van der Waals surface area (Å²) >= 11 is 0. The zero-order valence-corrected chi connectivity index (χ0v) is 14.9. The number of carbonyl (C=O) groups excluding carboxylic acids is 3. The molecule has 2 N–H and O–H groups in total. The summed E-state index contributed by atoms with van der Waals surface area (Å²) in [6.45, 7) is -1.55. The van der Waals surface area contributed by atoms with Crippen LogP contribution in [0.1, 0.15) is 43.0 Å². The highest BCUT2D eigenvalue weighted by Gasteiger charge is 2.23. The lowest BCUT2D eigenvalue weighted by molar-refractivity contribution is -0.123. The van der Waals surface area contributed by atoms with Crippen molar-refractivity contribution in [2.75, 3.05) is 6.61 Å². The van der Waals surface area contributed by atoms with Gasteiger partial charge in [-0.15, -0.1) is 0 Å². The summed E-state index contributed by atoms with van der Waals surface area (Å²) in [6, 6.07) is 4.22. The van der Waals surface area contributed by atoms with Crippen LogP contribution >= 0.6 is 0 Å². The van der Waals surface area contributed by atoms with E-state index in [0.29, 0.717) is 5.92 Å². The van der Waals surface area contributed by atoms with Gasteiger partial charge in [-0.3, -0.25) is 10.1 Å². The molecule has 2 atom stereocenters. The summed E-state index contributed by atoms with van der Waals surface area (Å²) < 4.78 is 33.1. The maximum atomic E-state index is 12.1. The number of rotatable bonds is 6. The van der Waals surface area contributed by atoms with Gasteiger partial charge in [0.1, 0.15) is 5.75 Å². The van der Waals surface area contributed by atoms with Crippen LogP contribution in [0.25, 0.3) is 0 Å². The quantitative estimate of drug-likeness (QED) is 0.736. The second-order valence-corrected chi connectivity index (χ2v) is 6.37. The zero-order valence-electron chi connectivity index (χ0n) is 14.9. The van der Waals surface area contributed by atoms with Gasteiger partial charge in [-0.1, -0.05) is 19.8 Å². The monoisotopic (exact) mass is 384 g/mol. The van der Waals surface area contributed by atoms with Gasteiger partial charge in [0, 0.05) is 6.04 Å². The average Bonchev–Trinajstić information content (AvgIpc) is 2.61. The second-order valence-electron chi connectivity index (χ2n) is 6.37. The van der Waals surface area contributed by atoms with Crippen molar-refractivity contribution in [1.82, 2.24) is 10.6 Å². The summed E-state index contributed by atoms with van der Waals surface area (Å²) in [7, 11) is 0. The highest BCUT2D eigenvalue weighted by Crippen LogP contribution is 2.23. The fourth-order valence-corrected chi connectivity index (χ4v) is 2.88. The first-order chi connectivity index (χ1) is 12.8. The van der Waals surface area contributed by atoms with Crippen LogP contribution in [-0.4, -0.2) is 37.2 Å². The van der Waals surface area contributed by atoms with Gasteiger partial charge < -0.3 is 14.8 Å². The molecule has 1 aromatic rings. The van der Waals surface area contributed by atoms with Gasteiger partial charge in [0.2, 0.25) is 0 Å². The van der Waals surface area contributed by atoms with Gasteiger partial charge in [0.25, 0.3) is 5.91 Å². The molecule has 2 rings (SSSR count). The van der Waals surface area contributed by atoms with Gasteiger partial charge in [0.05, 0.1) is 5.56 Å². The second kappa shape index (κ2) is 9.84. The number of carbonyl (C=O) groups is 3. The molecule has 0 radical (unpaired) electrons. The molecular weight excluding hydrogens is 362 g/mol. The van der Waals surface area contributed by atoms with Crippen molar-refractivity contribution in [1.29, 1.82) is 0 Å². The molecule has 0 aliphatic heterocycles. The molecule has 1 saturated carbocycles. The number of benzene rings is 1. The van der Waals surface area contributed by atoms with Gasteiger partial charge >= 0.3 is 18.6 Å². The molecule has 0 bridgehead atoms. The van der Waals surface area contributed by atoms with E-state index < -0.39 is 31.1 Å². The fraction of sp³-hybridized carbons (Fsp3) is 0.500. The largest absolute Gasteiger partial charge is 0.452 e. The molecule has 3 amide bonds. The number of hydrogen-bond donors (Lipinski definition) is 2. The third kappa shape index (κ3) is 6.84. The molecule has 0 aromatic heterocycles. The Hall–Kier alpha value is -2.71. The van der Waals surface area contributed by atoms with Crippen LogP contribution in [0.3, 0.4) is 0 Å². The molecule has 0 spiro atoms. The smallest absolute Gasteiger partial charge is 0.387 e. The van der Waals surface area contributed by atoms with Crippen LogP contribution in [0, 0.1) is 5.92 Å². The molecule has 9 heteroatoms. The number of hydrogen-bond acceptors (Lipinski definition) is 5. The highest BCUT2D eigenvalue weighted by atomic mass is 19.3. The van der Waals surface area contributed by atoms with Gasteiger partial charge in [0.15, 0.2) is 6.61 Å². The highest BCUT2D eigenvalue weighted by molar-refractivity contribution is 5.97. The molecule has 7 nitrogen and oxygen atoms in total. The first-order valence-corrected chi connectivity index (χ1v) is 8.67. The minimum atomic E-state index is -2.96. The summed E-state index contributed by atoms with van der Waals surface area (Å²) in [5, 5.41) is 4.87. The van der Waals surface area contributed by atoms with Crippen molar-refractivity contribution in [2.24, 2.45) is 5.92 Å². The lowest BCUT2D eigenvalue weighted by atomic mass is 9.86. The number of halogens is 2. The first-order valence-electron chi connectivity index (χ1n) is 8.67. The Balaban J connectivity index is 1.74. The first kappa shape index (κ1) is 20.6. The lowest BCUT2D eigenvalue weighted by Gasteiger charge is -2.29. The van der Waals surface area contributed by atoms with E-state index in [9.17, 15) is 23.2 Å². The number of esters is 1. The maximum absolute atomic E-state index is 12.1. The molecule has 0 saturated heterocycles. The minimum absolute atomic E-state index is 0.0167. The number of amides is 3. The third-order valence-corrected chi connectivity index (χ3v) is 4.33. The summed E-state index contributed by atoms with van der Waals surface area (Å²) in [6.07, 6.45) is 4.05. The van der Waals surface area contributed by atoms with E-state index in [1.807, 2.05) is 6.92 Å². The van der Waals surface area contributed by atoms with Crippen molar-refractivity contribution in [3.05, 3.63) is 29.8 Å². The van der Waals surface area contributed by atoms with E-state index >= 15 is 0 Å². The SMILES string of the molecule is C[C@H]1CCCC[C@H]1NC(=O)NC(=O)COC(=O)c1ccc(OC(F)F)cc1. The molecule has 1 aromatic carbocycles. The minimum Gasteiger partial charge on any atom is -0.452 e. The van der Waals surface area contributed by atoms with Crippen LogP contribution in [0.2, 0.25) is 0 Å². The third-order valence-electron chi connectivity index (χ3n) is 4.33. The Morgan fingerprint density at radius 3 is 2.44 bits per heavy atom. The number of nitrogens with one attached hydrogen (secondary N) is 2. The topological polar surface area (TPSA) is 93.7 Å². The van der Waals surface area contributed by atoms with Crippen LogP contribution in [0.15, 0.2) is 24.3 Å². The predicted octanol–water partition coefficient (Wildman–Crippen LogP) is 2.85. The van der Waals surface area contributed by atoms with Crippen LogP contribution in [-0.2, 0) is 9.53 Å². The molecule has 1 aliphatic carbocycles. The van der Waals surface area contributed by atoms with Crippen molar-refractivity contribution >= 4 is 17.9 Å². The van der Waals surface area contributed by atoms with E-state index in [0.717, 1.165) is 25.7 Å². The van der Waals surface area contributed by atoms with Crippen LogP contribution < -0.4 is 15.4 Å².